The van der Waals surface area contributed by atoms with Gasteiger partial charge >= 0.3 is 5.97 Å². The molecule has 0 spiro atoms. The van der Waals surface area contributed by atoms with Gasteiger partial charge in [0.1, 0.15) is 18.4 Å². The maximum Gasteiger partial charge on any atom is 0.338 e. The molecule has 9 heteroatoms. The molecule has 2 heterocycles. The number of allylic oxidation sites excluding steroid dienone is 1. The van der Waals surface area contributed by atoms with Gasteiger partial charge in [0.05, 0.1) is 12.7 Å². The zero-order valence-corrected chi connectivity index (χ0v) is 17.4. The Bertz CT molecular complexity index is 1080. The van der Waals surface area contributed by atoms with Crippen molar-refractivity contribution in [2.24, 2.45) is 0 Å². The summed E-state index contributed by atoms with van der Waals surface area (Å²) in [4.78, 5) is 12.6. The lowest BCUT2D eigenvalue weighted by molar-refractivity contribution is -0.136. The number of carbonyl (C=O) groups excluding carboxylic acids is 1. The molecule has 29 heavy (non-hydrogen) atoms. The van der Waals surface area contributed by atoms with Crippen LogP contribution < -0.4 is 10.1 Å². The quantitative estimate of drug-likeness (QED) is 0.588. The van der Waals surface area contributed by atoms with Gasteiger partial charge in [0.15, 0.2) is 0 Å². The molecule has 8 nitrogen and oxygen atoms in total. The zero-order chi connectivity index (χ0) is 20.4. The molecule has 1 atom stereocenters. The van der Waals surface area contributed by atoms with Crippen molar-refractivity contribution in [1.82, 2.24) is 20.2 Å². The first kappa shape index (κ1) is 19.1. The monoisotopic (exact) mass is 455 g/mol. The second-order valence-electron chi connectivity index (χ2n) is 6.46. The number of ether oxygens (including phenoxy) is 2. The van der Waals surface area contributed by atoms with Crippen molar-refractivity contribution in [1.29, 1.82) is 0 Å². The Morgan fingerprint density at radius 3 is 2.79 bits per heavy atom. The number of carbonyl (C=O) groups is 1. The third-order valence-corrected chi connectivity index (χ3v) is 5.12. The molecular weight excluding hydrogens is 438 g/mol. The predicted molar refractivity (Wildman–Crippen MR) is 109 cm³/mol. The molecule has 148 valence electrons. The molecule has 0 saturated carbocycles. The number of fused-ring (bicyclic) bond motifs is 1. The summed E-state index contributed by atoms with van der Waals surface area (Å²) in [6.07, 6.45) is 0. The highest BCUT2D eigenvalue weighted by Crippen LogP contribution is 2.40. The molecule has 0 radical (unpaired) electrons. The topological polar surface area (TPSA) is 91.2 Å². The van der Waals surface area contributed by atoms with Gasteiger partial charge in [-0.3, -0.25) is 0 Å². The van der Waals surface area contributed by atoms with E-state index in [-0.39, 0.29) is 0 Å². The fourth-order valence-electron chi connectivity index (χ4n) is 3.27. The van der Waals surface area contributed by atoms with Crippen molar-refractivity contribution in [2.75, 3.05) is 12.4 Å². The Labute approximate surface area is 175 Å². The number of esters is 1. The van der Waals surface area contributed by atoms with Crippen LogP contribution in [0.25, 0.3) is 0 Å². The Balaban J connectivity index is 1.80. The van der Waals surface area contributed by atoms with Crippen molar-refractivity contribution in [3.63, 3.8) is 0 Å². The average molecular weight is 456 g/mol. The van der Waals surface area contributed by atoms with E-state index in [2.05, 4.69) is 36.8 Å². The number of aromatic nitrogens is 4. The summed E-state index contributed by atoms with van der Waals surface area (Å²) in [5, 5.41) is 14.9. The van der Waals surface area contributed by atoms with E-state index >= 15 is 0 Å². The highest BCUT2D eigenvalue weighted by molar-refractivity contribution is 9.10. The molecule has 1 aromatic heterocycles. The molecule has 0 bridgehead atoms. The van der Waals surface area contributed by atoms with Gasteiger partial charge in [-0.25, -0.2) is 4.79 Å². The smallest absolute Gasteiger partial charge is 0.338 e. The number of hydrogen-bond donors (Lipinski definition) is 1. The first-order chi connectivity index (χ1) is 14.1. The van der Waals surface area contributed by atoms with E-state index in [4.69, 9.17) is 9.47 Å². The lowest BCUT2D eigenvalue weighted by atomic mass is 9.95. The second kappa shape index (κ2) is 8.04. The van der Waals surface area contributed by atoms with Crippen LogP contribution >= 0.6 is 15.9 Å². The van der Waals surface area contributed by atoms with Gasteiger partial charge in [0.25, 0.3) is 0 Å². The lowest BCUT2D eigenvalue weighted by Gasteiger charge is -2.28. The molecule has 0 amide bonds. The molecular formula is C20H18BrN5O3. The highest BCUT2D eigenvalue weighted by Gasteiger charge is 2.36. The van der Waals surface area contributed by atoms with Gasteiger partial charge in [0.2, 0.25) is 5.95 Å². The SMILES string of the molecule is COC(=O)C1=C(C)Nc2nnnn2C1c1cc(Br)ccc1OCc1ccccc1. The van der Waals surface area contributed by atoms with E-state index in [0.29, 0.717) is 29.6 Å². The lowest BCUT2D eigenvalue weighted by Crippen LogP contribution is -2.29. The first-order valence-electron chi connectivity index (χ1n) is 8.88. The third kappa shape index (κ3) is 3.73. The number of nitrogens with one attached hydrogen (secondary N) is 1. The summed E-state index contributed by atoms with van der Waals surface area (Å²) in [5.74, 6) is 0.601. The summed E-state index contributed by atoms with van der Waals surface area (Å²) < 4.78 is 13.5. The molecule has 3 aromatic rings. The minimum absolute atomic E-state index is 0.388. The number of rotatable bonds is 5. The van der Waals surface area contributed by atoms with E-state index in [0.717, 1.165) is 15.6 Å². The molecule has 0 fully saturated rings. The van der Waals surface area contributed by atoms with Gasteiger partial charge < -0.3 is 14.8 Å². The standard InChI is InChI=1S/C20H18BrN5O3/c1-12-17(19(27)28-2)18(26-20(22-12)23-24-25-26)15-10-14(21)8-9-16(15)29-11-13-6-4-3-5-7-13/h3-10,18H,11H2,1-2H3,(H,22,23,25). The number of benzene rings is 2. The van der Waals surface area contributed by atoms with Crippen LogP contribution in [0.2, 0.25) is 0 Å². The van der Waals surface area contributed by atoms with Gasteiger partial charge in [-0.05, 0) is 41.1 Å². The van der Waals surface area contributed by atoms with E-state index < -0.39 is 12.0 Å². The summed E-state index contributed by atoms with van der Waals surface area (Å²) >= 11 is 3.51. The van der Waals surface area contributed by atoms with Crippen molar-refractivity contribution in [2.45, 2.75) is 19.6 Å². The Morgan fingerprint density at radius 2 is 2.03 bits per heavy atom. The average Bonchev–Trinajstić information content (AvgIpc) is 3.20. The summed E-state index contributed by atoms with van der Waals surface area (Å²) in [6, 6.07) is 14.9. The van der Waals surface area contributed by atoms with Gasteiger partial charge in [-0.1, -0.05) is 51.4 Å². The van der Waals surface area contributed by atoms with Crippen LogP contribution in [0.4, 0.5) is 5.95 Å². The van der Waals surface area contributed by atoms with Crippen LogP contribution in [0.3, 0.4) is 0 Å². The van der Waals surface area contributed by atoms with Crippen LogP contribution in [-0.4, -0.2) is 33.3 Å². The summed E-state index contributed by atoms with van der Waals surface area (Å²) in [7, 11) is 1.35. The summed E-state index contributed by atoms with van der Waals surface area (Å²) in [5.41, 5.74) is 2.81. The zero-order valence-electron chi connectivity index (χ0n) is 15.8. The molecule has 1 aliphatic rings. The maximum atomic E-state index is 12.6. The number of methoxy groups -OCH3 is 1. The van der Waals surface area contributed by atoms with Crippen LogP contribution in [0, 0.1) is 0 Å². The minimum Gasteiger partial charge on any atom is -0.489 e. The number of anilines is 1. The molecule has 4 rings (SSSR count). The fraction of sp³-hybridized carbons (Fsp3) is 0.200. The maximum absolute atomic E-state index is 12.6. The summed E-state index contributed by atoms with van der Waals surface area (Å²) in [6.45, 7) is 2.18. The van der Waals surface area contributed by atoms with Crippen molar-refractivity contribution in [3.05, 3.63) is 75.4 Å². The Kier molecular flexibility index (Phi) is 5.30. The van der Waals surface area contributed by atoms with Crippen LogP contribution in [0.1, 0.15) is 24.1 Å². The minimum atomic E-state index is -0.600. The molecule has 1 aliphatic heterocycles. The molecule has 2 aromatic carbocycles. The number of hydrogen-bond acceptors (Lipinski definition) is 7. The van der Waals surface area contributed by atoms with E-state index in [1.54, 1.807) is 11.6 Å². The largest absolute Gasteiger partial charge is 0.489 e. The third-order valence-electron chi connectivity index (χ3n) is 4.62. The van der Waals surface area contributed by atoms with Crippen LogP contribution in [0.15, 0.2) is 64.3 Å². The van der Waals surface area contributed by atoms with Gasteiger partial charge in [-0.15, -0.1) is 0 Å². The fourth-order valence-corrected chi connectivity index (χ4v) is 3.65. The van der Waals surface area contributed by atoms with Crippen LogP contribution in [-0.2, 0) is 16.1 Å². The molecule has 1 unspecified atom stereocenters. The van der Waals surface area contributed by atoms with Crippen molar-refractivity contribution < 1.29 is 14.3 Å². The molecule has 0 saturated heterocycles. The number of tetrazole rings is 1. The van der Waals surface area contributed by atoms with E-state index in [1.807, 2.05) is 48.5 Å². The van der Waals surface area contributed by atoms with E-state index in [1.165, 1.54) is 7.11 Å². The number of nitrogens with zero attached hydrogens (tertiary/aromatic N) is 4. The van der Waals surface area contributed by atoms with Crippen molar-refractivity contribution in [3.8, 4) is 5.75 Å². The van der Waals surface area contributed by atoms with Crippen molar-refractivity contribution >= 4 is 27.8 Å². The van der Waals surface area contributed by atoms with E-state index in [9.17, 15) is 4.79 Å². The van der Waals surface area contributed by atoms with Crippen LogP contribution in [0.5, 0.6) is 5.75 Å². The molecule has 1 N–H and O–H groups in total. The second-order valence-corrected chi connectivity index (χ2v) is 7.38. The Hall–Kier alpha value is -3.20. The molecule has 0 aliphatic carbocycles. The Morgan fingerprint density at radius 1 is 1.24 bits per heavy atom. The highest BCUT2D eigenvalue weighted by atomic mass is 79.9. The number of halogens is 1. The first-order valence-corrected chi connectivity index (χ1v) is 9.68. The van der Waals surface area contributed by atoms with Gasteiger partial charge in [0, 0.05) is 15.7 Å². The predicted octanol–water partition coefficient (Wildman–Crippen LogP) is 3.48. The van der Waals surface area contributed by atoms with Gasteiger partial charge in [-0.2, -0.15) is 4.68 Å². The normalized spacial score (nSPS) is 15.5.